The van der Waals surface area contributed by atoms with Crippen LogP contribution in [0.1, 0.15) is 23.2 Å². The second kappa shape index (κ2) is 6.57. The van der Waals surface area contributed by atoms with E-state index in [1.165, 1.54) is 10.1 Å². The predicted octanol–water partition coefficient (Wildman–Crippen LogP) is 3.39. The number of likely N-dealkylation sites (tertiary alicyclic amines) is 1. The molecule has 2 aliphatic rings. The van der Waals surface area contributed by atoms with E-state index in [-0.39, 0.29) is 18.3 Å². The fraction of sp³-hybridized carbons (Fsp3) is 0.471. The number of carbonyl (C=O) groups is 1. The van der Waals surface area contributed by atoms with Gasteiger partial charge in [0.1, 0.15) is 0 Å². The first kappa shape index (κ1) is 15.8. The van der Waals surface area contributed by atoms with Crippen LogP contribution in [0, 0.1) is 11.8 Å². The van der Waals surface area contributed by atoms with Crippen molar-refractivity contribution in [1.29, 1.82) is 0 Å². The summed E-state index contributed by atoms with van der Waals surface area (Å²) in [7, 11) is 0. The number of carbonyl (C=O) groups excluding carboxylic acids is 1. The molecule has 1 amide bonds. The third-order valence-electron chi connectivity index (χ3n) is 5.01. The van der Waals surface area contributed by atoms with Crippen molar-refractivity contribution >= 4 is 39.7 Å². The van der Waals surface area contributed by atoms with Gasteiger partial charge < -0.3 is 10.2 Å². The lowest BCUT2D eigenvalue weighted by atomic mass is 9.92. The summed E-state index contributed by atoms with van der Waals surface area (Å²) in [5.74, 6) is 1.74. The van der Waals surface area contributed by atoms with E-state index in [1.807, 2.05) is 12.1 Å². The van der Waals surface area contributed by atoms with Gasteiger partial charge in [-0.25, -0.2) is 0 Å². The number of benzene rings is 1. The van der Waals surface area contributed by atoms with Crippen molar-refractivity contribution in [2.45, 2.75) is 12.8 Å². The lowest BCUT2D eigenvalue weighted by molar-refractivity contribution is 0.0758. The minimum atomic E-state index is 0. The smallest absolute Gasteiger partial charge is 0.253 e. The van der Waals surface area contributed by atoms with Gasteiger partial charge in [-0.15, -0.1) is 23.7 Å². The third kappa shape index (κ3) is 2.87. The van der Waals surface area contributed by atoms with Gasteiger partial charge in [-0.1, -0.05) is 0 Å². The first-order chi connectivity index (χ1) is 10.3. The molecule has 1 N–H and O–H groups in total. The summed E-state index contributed by atoms with van der Waals surface area (Å²) in [6.45, 7) is 4.08. The summed E-state index contributed by atoms with van der Waals surface area (Å²) in [5, 5.41) is 6.75. The van der Waals surface area contributed by atoms with Crippen LogP contribution in [0.4, 0.5) is 0 Å². The van der Waals surface area contributed by atoms with Gasteiger partial charge in [0.2, 0.25) is 0 Å². The fourth-order valence-corrected chi connectivity index (χ4v) is 4.47. The number of hydrogen-bond acceptors (Lipinski definition) is 3. The summed E-state index contributed by atoms with van der Waals surface area (Å²) < 4.78 is 1.25. The van der Waals surface area contributed by atoms with Crippen LogP contribution in [0.25, 0.3) is 10.1 Å². The Morgan fingerprint density at radius 2 is 1.86 bits per heavy atom. The van der Waals surface area contributed by atoms with E-state index in [1.54, 1.807) is 11.3 Å². The summed E-state index contributed by atoms with van der Waals surface area (Å²) >= 11 is 1.73. The highest BCUT2D eigenvalue weighted by Gasteiger charge is 2.31. The lowest BCUT2D eigenvalue weighted by Gasteiger charge is -2.21. The summed E-state index contributed by atoms with van der Waals surface area (Å²) in [4.78, 5) is 14.8. The molecule has 0 aliphatic carbocycles. The van der Waals surface area contributed by atoms with Crippen molar-refractivity contribution in [3.8, 4) is 0 Å². The van der Waals surface area contributed by atoms with E-state index >= 15 is 0 Å². The summed E-state index contributed by atoms with van der Waals surface area (Å²) in [6, 6.07) is 8.19. The molecule has 22 heavy (non-hydrogen) atoms. The topological polar surface area (TPSA) is 32.3 Å². The molecule has 2 aliphatic heterocycles. The molecule has 3 heterocycles. The molecule has 0 unspecified atom stereocenters. The van der Waals surface area contributed by atoms with E-state index < -0.39 is 0 Å². The largest absolute Gasteiger partial charge is 0.339 e. The molecular weight excluding hydrogens is 316 g/mol. The zero-order valence-corrected chi connectivity index (χ0v) is 14.1. The van der Waals surface area contributed by atoms with Gasteiger partial charge in [-0.2, -0.15) is 0 Å². The van der Waals surface area contributed by atoms with E-state index in [9.17, 15) is 4.79 Å². The molecule has 0 saturated carbocycles. The van der Waals surface area contributed by atoms with Crippen LogP contribution in [0.3, 0.4) is 0 Å². The molecule has 0 radical (unpaired) electrons. The molecule has 0 bridgehead atoms. The van der Waals surface area contributed by atoms with E-state index in [2.05, 4.69) is 27.7 Å². The molecule has 2 saturated heterocycles. The predicted molar refractivity (Wildman–Crippen MR) is 94.1 cm³/mol. The SMILES string of the molecule is Cl.O=C(c1ccc2sccc2c1)N1CC[C@@H]2CNC[C@@H]2CC1. The Morgan fingerprint density at radius 1 is 1.14 bits per heavy atom. The first-order valence-electron chi connectivity index (χ1n) is 7.78. The normalized spacial score (nSPS) is 24.6. The molecule has 4 rings (SSSR count). The molecule has 2 atom stereocenters. The Bertz CT molecular complexity index is 657. The van der Waals surface area contributed by atoms with Crippen LogP contribution in [-0.2, 0) is 0 Å². The zero-order valence-electron chi connectivity index (χ0n) is 12.5. The van der Waals surface area contributed by atoms with Crippen molar-refractivity contribution in [3.05, 3.63) is 35.2 Å². The van der Waals surface area contributed by atoms with Gasteiger partial charge in [0.25, 0.3) is 5.91 Å². The average Bonchev–Trinajstić information content (AvgIpc) is 3.11. The number of nitrogens with one attached hydrogen (secondary N) is 1. The third-order valence-corrected chi connectivity index (χ3v) is 5.90. The standard InChI is InChI=1S/C17H20N2OS.ClH/c20-17(13-1-2-16-12(9-13)5-8-21-16)19-6-3-14-10-18-11-15(14)4-7-19;/h1-2,5,8-9,14-15,18H,3-4,6-7,10-11H2;1H/t14-,15+;. The maximum atomic E-state index is 12.8. The molecule has 2 fully saturated rings. The quantitative estimate of drug-likeness (QED) is 0.865. The summed E-state index contributed by atoms with van der Waals surface area (Å²) in [5.41, 5.74) is 0.839. The fourth-order valence-electron chi connectivity index (χ4n) is 3.70. The Hall–Kier alpha value is -1.10. The number of rotatable bonds is 1. The number of nitrogens with zero attached hydrogens (tertiary/aromatic N) is 1. The Kier molecular flexibility index (Phi) is 4.71. The Labute approximate surface area is 141 Å². The lowest BCUT2D eigenvalue weighted by Crippen LogP contribution is -2.32. The molecule has 118 valence electrons. The van der Waals surface area contributed by atoms with Gasteiger partial charge >= 0.3 is 0 Å². The molecule has 1 aromatic heterocycles. The van der Waals surface area contributed by atoms with Gasteiger partial charge in [-0.05, 0) is 72.8 Å². The van der Waals surface area contributed by atoms with E-state index in [0.717, 1.165) is 56.4 Å². The Balaban J connectivity index is 0.00000144. The van der Waals surface area contributed by atoms with Crippen molar-refractivity contribution in [1.82, 2.24) is 10.2 Å². The summed E-state index contributed by atoms with van der Waals surface area (Å²) in [6.07, 6.45) is 2.29. The van der Waals surface area contributed by atoms with Crippen LogP contribution in [0.5, 0.6) is 0 Å². The van der Waals surface area contributed by atoms with Crippen molar-refractivity contribution < 1.29 is 4.79 Å². The minimum Gasteiger partial charge on any atom is -0.339 e. The number of thiophene rings is 1. The first-order valence-corrected chi connectivity index (χ1v) is 8.66. The maximum Gasteiger partial charge on any atom is 0.253 e. The average molecular weight is 337 g/mol. The van der Waals surface area contributed by atoms with E-state index in [0.29, 0.717) is 0 Å². The highest BCUT2D eigenvalue weighted by molar-refractivity contribution is 7.17. The van der Waals surface area contributed by atoms with Crippen LogP contribution >= 0.6 is 23.7 Å². The molecule has 0 spiro atoms. The van der Waals surface area contributed by atoms with Gasteiger partial charge in [0, 0.05) is 23.4 Å². The zero-order chi connectivity index (χ0) is 14.2. The van der Waals surface area contributed by atoms with Gasteiger partial charge in [-0.3, -0.25) is 4.79 Å². The molecule has 1 aromatic carbocycles. The van der Waals surface area contributed by atoms with Crippen LogP contribution in [0.15, 0.2) is 29.6 Å². The molecule has 3 nitrogen and oxygen atoms in total. The number of fused-ring (bicyclic) bond motifs is 2. The number of amides is 1. The second-order valence-electron chi connectivity index (χ2n) is 6.22. The van der Waals surface area contributed by atoms with Gasteiger partial charge in [0.15, 0.2) is 0 Å². The number of halogens is 1. The van der Waals surface area contributed by atoms with Crippen molar-refractivity contribution in [2.75, 3.05) is 26.2 Å². The molecule has 2 aromatic rings. The highest BCUT2D eigenvalue weighted by atomic mass is 35.5. The molecular formula is C17H21ClN2OS. The Morgan fingerprint density at radius 3 is 2.59 bits per heavy atom. The minimum absolute atomic E-state index is 0. The van der Waals surface area contributed by atoms with Crippen molar-refractivity contribution in [2.24, 2.45) is 11.8 Å². The van der Waals surface area contributed by atoms with Crippen LogP contribution < -0.4 is 5.32 Å². The van der Waals surface area contributed by atoms with E-state index in [4.69, 9.17) is 0 Å². The van der Waals surface area contributed by atoms with Crippen molar-refractivity contribution in [3.63, 3.8) is 0 Å². The monoisotopic (exact) mass is 336 g/mol. The highest BCUT2D eigenvalue weighted by Crippen LogP contribution is 2.28. The van der Waals surface area contributed by atoms with Crippen LogP contribution in [-0.4, -0.2) is 37.0 Å². The maximum absolute atomic E-state index is 12.8. The second-order valence-corrected chi connectivity index (χ2v) is 7.17. The van der Waals surface area contributed by atoms with Crippen LogP contribution in [0.2, 0.25) is 0 Å². The number of hydrogen-bond donors (Lipinski definition) is 1. The van der Waals surface area contributed by atoms with Gasteiger partial charge in [0.05, 0.1) is 0 Å². The molecule has 5 heteroatoms.